The van der Waals surface area contributed by atoms with Gasteiger partial charge in [0.05, 0.1) is 0 Å². The fraction of sp³-hybridized carbons (Fsp3) is 0.583. The van der Waals surface area contributed by atoms with Crippen molar-refractivity contribution < 1.29 is 8.42 Å². The largest absolute Gasteiger partial charge is 0.370 e. The highest BCUT2D eigenvalue weighted by atomic mass is 32.2. The Kier molecular flexibility index (Phi) is 5.55. The monoisotopic (exact) mass is 271 g/mol. The average molecular weight is 271 g/mol. The molecule has 102 valence electrons. The molecule has 0 aliphatic carbocycles. The first-order valence-corrected chi connectivity index (χ1v) is 7.62. The Labute approximate surface area is 109 Å². The summed E-state index contributed by atoms with van der Waals surface area (Å²) in [6, 6.07) is 3.27. The number of unbranched alkanes of at least 4 members (excludes halogenated alkanes) is 1. The quantitative estimate of drug-likeness (QED) is 0.823. The standard InChI is InChI=1S/C12H21N3O2S/c1-4-6-9-15(3)18(16,17)11-7-8-12(13-5-2)14-10-11/h7-8,10H,4-6,9H2,1-3H3,(H,13,14). The summed E-state index contributed by atoms with van der Waals surface area (Å²) in [7, 11) is -1.80. The van der Waals surface area contributed by atoms with Crippen molar-refractivity contribution in [3.8, 4) is 0 Å². The van der Waals surface area contributed by atoms with E-state index in [0.717, 1.165) is 19.4 Å². The molecule has 0 saturated heterocycles. The topological polar surface area (TPSA) is 62.3 Å². The van der Waals surface area contributed by atoms with Gasteiger partial charge >= 0.3 is 0 Å². The Bertz CT molecular complexity index is 457. The van der Waals surface area contributed by atoms with Gasteiger partial charge in [-0.15, -0.1) is 0 Å². The van der Waals surface area contributed by atoms with Gasteiger partial charge in [-0.2, -0.15) is 0 Å². The number of nitrogens with one attached hydrogen (secondary N) is 1. The summed E-state index contributed by atoms with van der Waals surface area (Å²) < 4.78 is 25.7. The van der Waals surface area contributed by atoms with Gasteiger partial charge in [0.2, 0.25) is 10.0 Å². The molecule has 1 N–H and O–H groups in total. The molecule has 18 heavy (non-hydrogen) atoms. The van der Waals surface area contributed by atoms with Crippen LogP contribution in [0.1, 0.15) is 26.7 Å². The van der Waals surface area contributed by atoms with Crippen molar-refractivity contribution in [1.29, 1.82) is 0 Å². The van der Waals surface area contributed by atoms with Crippen molar-refractivity contribution in [3.05, 3.63) is 18.3 Å². The zero-order valence-corrected chi connectivity index (χ0v) is 12.0. The molecule has 0 saturated carbocycles. The van der Waals surface area contributed by atoms with Crippen molar-refractivity contribution >= 4 is 15.8 Å². The summed E-state index contributed by atoms with van der Waals surface area (Å²) in [5.41, 5.74) is 0. The van der Waals surface area contributed by atoms with Gasteiger partial charge in [-0.1, -0.05) is 13.3 Å². The van der Waals surface area contributed by atoms with Crippen LogP contribution in [-0.4, -0.2) is 37.8 Å². The molecule has 0 aliphatic heterocycles. The zero-order valence-electron chi connectivity index (χ0n) is 11.2. The number of nitrogens with zero attached hydrogens (tertiary/aromatic N) is 2. The van der Waals surface area contributed by atoms with Crippen LogP contribution in [-0.2, 0) is 10.0 Å². The minimum Gasteiger partial charge on any atom is -0.370 e. The molecule has 0 radical (unpaired) electrons. The number of rotatable bonds is 7. The summed E-state index contributed by atoms with van der Waals surface area (Å²) in [5.74, 6) is 0.688. The highest BCUT2D eigenvalue weighted by molar-refractivity contribution is 7.89. The number of anilines is 1. The van der Waals surface area contributed by atoms with Gasteiger partial charge in [0.1, 0.15) is 10.7 Å². The fourth-order valence-corrected chi connectivity index (χ4v) is 2.65. The van der Waals surface area contributed by atoms with Crippen molar-refractivity contribution in [2.45, 2.75) is 31.6 Å². The number of aromatic nitrogens is 1. The van der Waals surface area contributed by atoms with E-state index >= 15 is 0 Å². The van der Waals surface area contributed by atoms with Crippen LogP contribution in [0.15, 0.2) is 23.2 Å². The van der Waals surface area contributed by atoms with Crippen LogP contribution in [0.5, 0.6) is 0 Å². The summed E-state index contributed by atoms with van der Waals surface area (Å²) in [5, 5.41) is 3.03. The highest BCUT2D eigenvalue weighted by Crippen LogP contribution is 2.15. The van der Waals surface area contributed by atoms with Crippen molar-refractivity contribution in [2.24, 2.45) is 0 Å². The lowest BCUT2D eigenvalue weighted by Gasteiger charge is -2.16. The van der Waals surface area contributed by atoms with Gasteiger partial charge in [0.25, 0.3) is 0 Å². The molecule has 1 aromatic rings. The highest BCUT2D eigenvalue weighted by Gasteiger charge is 2.20. The first kappa shape index (κ1) is 14.9. The fourth-order valence-electron chi connectivity index (χ4n) is 1.50. The number of hydrogen-bond donors (Lipinski definition) is 1. The van der Waals surface area contributed by atoms with Gasteiger partial charge in [0.15, 0.2) is 0 Å². The molecule has 1 aromatic heterocycles. The van der Waals surface area contributed by atoms with E-state index in [1.165, 1.54) is 10.5 Å². The molecule has 0 amide bonds. The smallest absolute Gasteiger partial charge is 0.244 e. The van der Waals surface area contributed by atoms with E-state index in [4.69, 9.17) is 0 Å². The number of pyridine rings is 1. The third-order valence-corrected chi connectivity index (χ3v) is 4.47. The molecule has 0 spiro atoms. The SMILES string of the molecule is CCCCN(C)S(=O)(=O)c1ccc(NCC)nc1. The Morgan fingerprint density at radius 1 is 1.33 bits per heavy atom. The Balaban J connectivity index is 2.84. The molecule has 0 atom stereocenters. The minimum absolute atomic E-state index is 0.239. The van der Waals surface area contributed by atoms with Crippen molar-refractivity contribution in [3.63, 3.8) is 0 Å². The predicted octanol–water partition coefficient (Wildman–Crippen LogP) is 1.93. The lowest BCUT2D eigenvalue weighted by Crippen LogP contribution is -2.28. The van der Waals surface area contributed by atoms with E-state index in [0.29, 0.717) is 12.4 Å². The van der Waals surface area contributed by atoms with E-state index in [1.807, 2.05) is 13.8 Å². The van der Waals surface area contributed by atoms with E-state index in [-0.39, 0.29) is 4.90 Å². The van der Waals surface area contributed by atoms with E-state index < -0.39 is 10.0 Å². The molecule has 5 nitrogen and oxygen atoms in total. The van der Waals surface area contributed by atoms with E-state index in [1.54, 1.807) is 19.2 Å². The van der Waals surface area contributed by atoms with Gasteiger partial charge in [0, 0.05) is 26.3 Å². The molecular weight excluding hydrogens is 250 g/mol. The van der Waals surface area contributed by atoms with Gasteiger partial charge < -0.3 is 5.32 Å². The number of sulfonamides is 1. The lowest BCUT2D eigenvalue weighted by molar-refractivity contribution is 0.459. The first-order chi connectivity index (χ1) is 8.52. The third kappa shape index (κ3) is 3.68. The van der Waals surface area contributed by atoms with Crippen LogP contribution in [0, 0.1) is 0 Å². The summed E-state index contributed by atoms with van der Waals surface area (Å²) >= 11 is 0. The summed E-state index contributed by atoms with van der Waals surface area (Å²) in [6.45, 7) is 5.29. The normalized spacial score (nSPS) is 11.8. The van der Waals surface area contributed by atoms with Crippen molar-refractivity contribution in [2.75, 3.05) is 25.5 Å². The third-order valence-electron chi connectivity index (χ3n) is 2.63. The molecule has 0 unspecified atom stereocenters. The second-order valence-corrected chi connectivity index (χ2v) is 6.13. The Hall–Kier alpha value is -1.14. The van der Waals surface area contributed by atoms with Crippen LogP contribution in [0.2, 0.25) is 0 Å². The van der Waals surface area contributed by atoms with Crippen LogP contribution >= 0.6 is 0 Å². The maximum atomic E-state index is 12.2. The molecule has 1 rings (SSSR count). The lowest BCUT2D eigenvalue weighted by atomic mass is 10.3. The Morgan fingerprint density at radius 2 is 2.06 bits per heavy atom. The molecule has 0 aliphatic rings. The van der Waals surface area contributed by atoms with Crippen LogP contribution in [0.4, 0.5) is 5.82 Å². The Morgan fingerprint density at radius 3 is 2.56 bits per heavy atom. The van der Waals surface area contributed by atoms with Gasteiger partial charge in [-0.05, 0) is 25.5 Å². The average Bonchev–Trinajstić information content (AvgIpc) is 2.37. The molecule has 6 heteroatoms. The summed E-state index contributed by atoms with van der Waals surface area (Å²) in [6.07, 6.45) is 3.23. The molecule has 0 fully saturated rings. The van der Waals surface area contributed by atoms with Crippen LogP contribution in [0.25, 0.3) is 0 Å². The molecule has 1 heterocycles. The van der Waals surface area contributed by atoms with Crippen LogP contribution in [0.3, 0.4) is 0 Å². The maximum absolute atomic E-state index is 12.2. The minimum atomic E-state index is -3.40. The molecular formula is C12H21N3O2S. The second-order valence-electron chi connectivity index (χ2n) is 4.09. The van der Waals surface area contributed by atoms with E-state index in [9.17, 15) is 8.42 Å². The van der Waals surface area contributed by atoms with Gasteiger partial charge in [-0.25, -0.2) is 17.7 Å². The first-order valence-electron chi connectivity index (χ1n) is 6.18. The molecule has 0 bridgehead atoms. The molecule has 0 aromatic carbocycles. The number of hydrogen-bond acceptors (Lipinski definition) is 4. The van der Waals surface area contributed by atoms with Crippen LogP contribution < -0.4 is 5.32 Å². The second kappa shape index (κ2) is 6.70. The predicted molar refractivity (Wildman–Crippen MR) is 73.1 cm³/mol. The zero-order chi connectivity index (χ0) is 13.6. The summed E-state index contributed by atoms with van der Waals surface area (Å²) in [4.78, 5) is 4.32. The maximum Gasteiger partial charge on any atom is 0.244 e. The van der Waals surface area contributed by atoms with E-state index in [2.05, 4.69) is 10.3 Å². The van der Waals surface area contributed by atoms with Crippen molar-refractivity contribution in [1.82, 2.24) is 9.29 Å². The van der Waals surface area contributed by atoms with Gasteiger partial charge in [-0.3, -0.25) is 0 Å².